The number of fused-ring (bicyclic) bond motifs is 5. The van der Waals surface area contributed by atoms with Crippen LogP contribution in [0.4, 0.5) is 0 Å². The minimum atomic E-state index is -3.92. The van der Waals surface area contributed by atoms with Crippen molar-refractivity contribution in [3.8, 4) is 11.6 Å². The van der Waals surface area contributed by atoms with Crippen molar-refractivity contribution in [2.24, 2.45) is 17.3 Å². The summed E-state index contributed by atoms with van der Waals surface area (Å²) in [4.78, 5) is 62.6. The summed E-state index contributed by atoms with van der Waals surface area (Å²) >= 11 is 8.00. The maximum absolute atomic E-state index is 14.8. The van der Waals surface area contributed by atoms with Crippen LogP contribution in [0, 0.1) is 17.3 Å². The number of thiophene rings is 1. The molecule has 1 aliphatic heterocycles. The number of nitrogens with zero attached hydrogens (tertiary/aromatic N) is 2. The molecule has 58 heavy (non-hydrogen) atoms. The Morgan fingerprint density at radius 2 is 1.79 bits per heavy atom. The van der Waals surface area contributed by atoms with Gasteiger partial charge in [-0.2, -0.15) is 0 Å². The lowest BCUT2D eigenvalue weighted by Crippen LogP contribution is -2.57. The van der Waals surface area contributed by atoms with Gasteiger partial charge in [0.15, 0.2) is 0 Å². The summed E-state index contributed by atoms with van der Waals surface area (Å²) in [6, 6.07) is 10.1. The Morgan fingerprint density at radius 1 is 1.07 bits per heavy atom. The lowest BCUT2D eigenvalue weighted by atomic mass is 9.77. The number of benzene rings is 2. The van der Waals surface area contributed by atoms with E-state index >= 15 is 0 Å². The fraction of sp³-hybridized carbons (Fsp3) is 0.500. The van der Waals surface area contributed by atoms with Crippen LogP contribution in [-0.4, -0.2) is 84.2 Å². The Labute approximate surface area is 346 Å². The van der Waals surface area contributed by atoms with E-state index in [1.165, 1.54) is 11.0 Å². The number of ether oxygens (including phenoxy) is 3. The van der Waals surface area contributed by atoms with Crippen LogP contribution in [0.25, 0.3) is 31.1 Å². The minimum absolute atomic E-state index is 0.000900. The summed E-state index contributed by atoms with van der Waals surface area (Å²) in [7, 11) is -2.36. The number of aromatic nitrogens is 1. The van der Waals surface area contributed by atoms with Crippen LogP contribution in [-0.2, 0) is 33.9 Å². The quantitative estimate of drug-likeness (QED) is 0.116. The first kappa shape index (κ1) is 41.7. The lowest BCUT2D eigenvalue weighted by molar-refractivity contribution is -0.161. The summed E-state index contributed by atoms with van der Waals surface area (Å²) < 4.78 is 47.6. The summed E-state index contributed by atoms with van der Waals surface area (Å²) in [5, 5.41) is 5.10. The van der Waals surface area contributed by atoms with Gasteiger partial charge in [-0.15, -0.1) is 17.9 Å². The van der Waals surface area contributed by atoms with Crippen molar-refractivity contribution in [2.75, 3.05) is 13.7 Å². The zero-order valence-electron chi connectivity index (χ0n) is 33.6. The first-order chi connectivity index (χ1) is 27.1. The summed E-state index contributed by atoms with van der Waals surface area (Å²) in [6.45, 7) is 14.5. The molecule has 7 rings (SSSR count). The molecule has 0 spiro atoms. The summed E-state index contributed by atoms with van der Waals surface area (Å²) in [5.74, 6) is -3.15. The van der Waals surface area contributed by atoms with E-state index in [0.717, 1.165) is 20.2 Å². The largest absolute Gasteiger partial charge is 0.497 e. The van der Waals surface area contributed by atoms with Gasteiger partial charge in [0, 0.05) is 38.2 Å². The summed E-state index contributed by atoms with van der Waals surface area (Å²) in [6.07, 6.45) is 1.53. The Morgan fingerprint density at radius 3 is 2.41 bits per heavy atom. The van der Waals surface area contributed by atoms with Crippen LogP contribution in [0.5, 0.6) is 11.6 Å². The van der Waals surface area contributed by atoms with Gasteiger partial charge in [0.05, 0.1) is 41.5 Å². The number of pyridine rings is 1. The number of hydrogen-bond donors (Lipinski definition) is 2. The number of amides is 3. The molecular weight excluding hydrogens is 804 g/mol. The average molecular weight is 853 g/mol. The second-order valence-corrected chi connectivity index (χ2v) is 21.1. The third-order valence-electron chi connectivity index (χ3n) is 11.0. The standard InChI is InChI=1S/C42H49ClN4O9S2/c1-9-22-20-42(22,39(51)46-58(52,53)26-12-13-26)45-36(49)31-18-25(21-47(31)38(50)30(40(2,3)4)19-33(48)56-41(5,6)7)55-37-28-17-24(54-8)11-14-27(28)35-34(44-37)29-16-23(43)10-15-32(29)57-35/h9-11,14-17,22,25-26,30-31H,1,12-13,18-21H2,2-8H3,(H,45,49)(H,46,51)/t22-,25-,30-,31+,42-/m1/s1. The van der Waals surface area contributed by atoms with Crippen molar-refractivity contribution in [2.45, 2.75) is 102 Å². The maximum Gasteiger partial charge on any atom is 0.307 e. The highest BCUT2D eigenvalue weighted by Gasteiger charge is 2.62. The van der Waals surface area contributed by atoms with Crippen molar-refractivity contribution in [1.29, 1.82) is 0 Å². The van der Waals surface area contributed by atoms with Crippen LogP contribution in [0.1, 0.15) is 73.6 Å². The van der Waals surface area contributed by atoms with Crippen LogP contribution < -0.4 is 19.5 Å². The molecule has 2 aliphatic carbocycles. The van der Waals surface area contributed by atoms with Crippen molar-refractivity contribution in [3.63, 3.8) is 0 Å². The Balaban J connectivity index is 1.26. The predicted octanol–water partition coefficient (Wildman–Crippen LogP) is 6.68. The van der Waals surface area contributed by atoms with E-state index in [9.17, 15) is 27.6 Å². The highest BCUT2D eigenvalue weighted by atomic mass is 35.5. The maximum atomic E-state index is 14.8. The Hall–Kier alpha value is -4.47. The van der Waals surface area contributed by atoms with Gasteiger partial charge in [0.25, 0.3) is 5.91 Å². The number of hydrogen-bond acceptors (Lipinski definition) is 11. The molecule has 2 aromatic heterocycles. The number of likely N-dealkylation sites (tertiary alicyclic amines) is 1. The normalized spacial score (nSPS) is 22.8. The van der Waals surface area contributed by atoms with Crippen LogP contribution in [0.3, 0.4) is 0 Å². The van der Waals surface area contributed by atoms with E-state index in [1.807, 2.05) is 57.2 Å². The van der Waals surface area contributed by atoms with E-state index in [-0.39, 0.29) is 31.7 Å². The molecule has 3 amide bonds. The number of methoxy groups -OCH3 is 1. The molecule has 5 atom stereocenters. The molecule has 1 saturated heterocycles. The van der Waals surface area contributed by atoms with Gasteiger partial charge in [-0.1, -0.05) is 38.4 Å². The Kier molecular flexibility index (Phi) is 10.8. The second kappa shape index (κ2) is 15.0. The number of carbonyl (C=O) groups is 4. The van der Waals surface area contributed by atoms with Crippen molar-refractivity contribution >= 4 is 87.7 Å². The first-order valence-electron chi connectivity index (χ1n) is 19.3. The van der Waals surface area contributed by atoms with E-state index < -0.39 is 79.5 Å². The fourth-order valence-electron chi connectivity index (χ4n) is 7.69. The molecule has 310 valence electrons. The van der Waals surface area contributed by atoms with Gasteiger partial charge >= 0.3 is 5.97 Å². The SMILES string of the molecule is C=C[C@@H]1C[C@]1(NC(=O)[C@@H]1C[C@@H](Oc2nc3c4cc(Cl)ccc4sc3c3ccc(OC)cc23)CN1C(=O)[C@@H](CC(=O)OC(C)(C)C)C(C)(C)C)C(=O)NS(=O)(=O)C1CC1. The van der Waals surface area contributed by atoms with Gasteiger partial charge in [-0.25, -0.2) is 13.4 Å². The molecule has 3 aliphatic rings. The molecule has 2 saturated carbocycles. The van der Waals surface area contributed by atoms with Gasteiger partial charge in [-0.05, 0) is 81.8 Å². The van der Waals surface area contributed by atoms with Crippen molar-refractivity contribution in [1.82, 2.24) is 19.9 Å². The number of carbonyl (C=O) groups excluding carboxylic acids is 4. The first-order valence-corrected chi connectivity index (χ1v) is 22.1. The molecule has 13 nitrogen and oxygen atoms in total. The van der Waals surface area contributed by atoms with E-state index in [1.54, 1.807) is 39.2 Å². The molecule has 4 aromatic rings. The number of esters is 1. The molecule has 2 N–H and O–H groups in total. The third kappa shape index (κ3) is 8.22. The van der Waals surface area contributed by atoms with Gasteiger partial charge in [0.2, 0.25) is 27.7 Å². The van der Waals surface area contributed by atoms with Gasteiger partial charge in [0.1, 0.15) is 29.0 Å². The zero-order valence-corrected chi connectivity index (χ0v) is 36.0. The lowest BCUT2D eigenvalue weighted by Gasteiger charge is -2.35. The average Bonchev–Trinajstić information content (AvgIpc) is 4.05. The molecule has 0 bridgehead atoms. The van der Waals surface area contributed by atoms with E-state index in [2.05, 4.69) is 16.6 Å². The predicted molar refractivity (Wildman–Crippen MR) is 223 cm³/mol. The topological polar surface area (TPSA) is 170 Å². The Bertz CT molecular complexity index is 2470. The smallest absolute Gasteiger partial charge is 0.307 e. The molecule has 2 aromatic carbocycles. The molecule has 3 heterocycles. The van der Waals surface area contributed by atoms with Crippen LogP contribution >= 0.6 is 22.9 Å². The van der Waals surface area contributed by atoms with Crippen LogP contribution in [0.15, 0.2) is 49.1 Å². The van der Waals surface area contributed by atoms with E-state index in [4.69, 9.17) is 30.8 Å². The fourth-order valence-corrected chi connectivity index (χ4v) is 10.4. The molecule has 0 unspecified atom stereocenters. The highest BCUT2D eigenvalue weighted by Crippen LogP contribution is 2.46. The van der Waals surface area contributed by atoms with Crippen LogP contribution in [0.2, 0.25) is 5.02 Å². The van der Waals surface area contributed by atoms with Gasteiger partial charge < -0.3 is 24.4 Å². The molecular formula is C42H49ClN4O9S2. The van der Waals surface area contributed by atoms with Gasteiger partial charge in [-0.3, -0.25) is 23.9 Å². The number of nitrogens with one attached hydrogen (secondary N) is 2. The second-order valence-electron chi connectivity index (χ2n) is 17.6. The summed E-state index contributed by atoms with van der Waals surface area (Å²) in [5.41, 5.74) is -2.42. The third-order valence-corrected chi connectivity index (χ3v) is 14.3. The van der Waals surface area contributed by atoms with E-state index in [0.29, 0.717) is 34.5 Å². The number of rotatable bonds is 12. The monoisotopic (exact) mass is 852 g/mol. The number of sulfonamides is 1. The molecule has 3 fully saturated rings. The molecule has 0 radical (unpaired) electrons. The zero-order chi connectivity index (χ0) is 42.1. The van der Waals surface area contributed by atoms with Crippen molar-refractivity contribution in [3.05, 3.63) is 54.1 Å². The minimum Gasteiger partial charge on any atom is -0.497 e. The van der Waals surface area contributed by atoms with Crippen molar-refractivity contribution < 1.29 is 41.8 Å². The highest BCUT2D eigenvalue weighted by molar-refractivity contribution is 7.91. The molecule has 16 heteroatoms. The number of halogens is 1.